The van der Waals surface area contributed by atoms with Crippen molar-refractivity contribution in [1.82, 2.24) is 5.01 Å². The van der Waals surface area contributed by atoms with Gasteiger partial charge in [0, 0.05) is 5.56 Å². The number of nitrogens with zero attached hydrogens (tertiary/aromatic N) is 3. The molecular formula is C18H15N3O3S. The third-order valence-corrected chi connectivity index (χ3v) is 4.42. The van der Waals surface area contributed by atoms with Gasteiger partial charge in [-0.2, -0.15) is 10.1 Å². The van der Waals surface area contributed by atoms with E-state index in [4.69, 9.17) is 0 Å². The van der Waals surface area contributed by atoms with E-state index in [1.807, 2.05) is 31.2 Å². The van der Waals surface area contributed by atoms with Crippen molar-refractivity contribution in [3.05, 3.63) is 65.2 Å². The molecule has 0 atom stereocenters. The summed E-state index contributed by atoms with van der Waals surface area (Å²) < 4.78 is 0. The quantitative estimate of drug-likeness (QED) is 0.855. The second-order valence-electron chi connectivity index (χ2n) is 5.36. The molecular weight excluding hydrogens is 338 g/mol. The highest BCUT2D eigenvalue weighted by molar-refractivity contribution is 8.15. The molecule has 0 bridgehead atoms. The zero-order valence-corrected chi connectivity index (χ0v) is 14.2. The van der Waals surface area contributed by atoms with Crippen LogP contribution in [0, 0.1) is 6.92 Å². The topological polar surface area (TPSA) is 82.3 Å². The maximum Gasteiger partial charge on any atom is 0.336 e. The number of carboxylic acids is 1. The van der Waals surface area contributed by atoms with Gasteiger partial charge in [0.25, 0.3) is 5.91 Å². The summed E-state index contributed by atoms with van der Waals surface area (Å²) in [5, 5.41) is 15.0. The molecule has 2 aromatic rings. The van der Waals surface area contributed by atoms with Crippen molar-refractivity contribution in [3.8, 4) is 0 Å². The van der Waals surface area contributed by atoms with Crippen LogP contribution in [0.3, 0.4) is 0 Å². The molecule has 3 rings (SSSR count). The van der Waals surface area contributed by atoms with E-state index in [0.29, 0.717) is 10.7 Å². The van der Waals surface area contributed by atoms with Crippen LogP contribution in [-0.2, 0) is 4.79 Å². The summed E-state index contributed by atoms with van der Waals surface area (Å²) in [6.45, 7) is 1.99. The molecule has 0 unspecified atom stereocenters. The van der Waals surface area contributed by atoms with Crippen LogP contribution in [-0.4, -0.2) is 39.1 Å². The Labute approximate surface area is 148 Å². The van der Waals surface area contributed by atoms with E-state index < -0.39 is 5.97 Å². The zero-order valence-electron chi connectivity index (χ0n) is 13.4. The van der Waals surface area contributed by atoms with E-state index in [-0.39, 0.29) is 17.2 Å². The number of carbonyl (C=O) groups excluding carboxylic acids is 1. The van der Waals surface area contributed by atoms with Crippen molar-refractivity contribution < 1.29 is 14.7 Å². The van der Waals surface area contributed by atoms with Crippen molar-refractivity contribution in [2.24, 2.45) is 10.1 Å². The summed E-state index contributed by atoms with van der Waals surface area (Å²) in [4.78, 5) is 27.8. The molecule has 1 heterocycles. The van der Waals surface area contributed by atoms with E-state index in [1.54, 1.807) is 18.2 Å². The molecule has 6 nitrogen and oxygen atoms in total. The predicted molar refractivity (Wildman–Crippen MR) is 98.6 cm³/mol. The van der Waals surface area contributed by atoms with Crippen molar-refractivity contribution in [3.63, 3.8) is 0 Å². The van der Waals surface area contributed by atoms with Crippen LogP contribution in [0.4, 0.5) is 5.69 Å². The molecule has 1 N–H and O–H groups in total. The highest BCUT2D eigenvalue weighted by Gasteiger charge is 2.28. The zero-order chi connectivity index (χ0) is 17.8. The molecule has 25 heavy (non-hydrogen) atoms. The van der Waals surface area contributed by atoms with E-state index in [0.717, 1.165) is 11.3 Å². The minimum atomic E-state index is -1.04. The predicted octanol–water partition coefficient (Wildman–Crippen LogP) is 3.29. The number of carbonyl (C=O) groups is 2. The van der Waals surface area contributed by atoms with E-state index >= 15 is 0 Å². The Kier molecular flexibility index (Phi) is 4.95. The molecule has 1 aliphatic heterocycles. The van der Waals surface area contributed by atoms with Gasteiger partial charge in [0.15, 0.2) is 5.17 Å². The average Bonchev–Trinajstić information content (AvgIpc) is 2.95. The van der Waals surface area contributed by atoms with Crippen molar-refractivity contribution in [2.45, 2.75) is 6.92 Å². The molecule has 1 saturated heterocycles. The normalized spacial score (nSPS) is 16.1. The summed E-state index contributed by atoms with van der Waals surface area (Å²) in [5.41, 5.74) is 2.41. The number of hydrogen-bond donors (Lipinski definition) is 1. The number of amidine groups is 1. The van der Waals surface area contributed by atoms with Crippen LogP contribution >= 0.6 is 11.8 Å². The standard InChI is InChI=1S/C18H15N3O3S/c1-12-6-8-14(9-7-12)20-18-21(16(22)11-25-18)19-10-13-4-2-3-5-15(13)17(23)24/h2-10H,11H2,1H3,(H,23,24). The second-order valence-corrected chi connectivity index (χ2v) is 6.30. The number of rotatable bonds is 4. The average molecular weight is 353 g/mol. The van der Waals surface area contributed by atoms with E-state index in [2.05, 4.69) is 10.1 Å². The van der Waals surface area contributed by atoms with Gasteiger partial charge >= 0.3 is 5.97 Å². The molecule has 0 aliphatic carbocycles. The van der Waals surface area contributed by atoms with Crippen LogP contribution in [0.1, 0.15) is 21.5 Å². The summed E-state index contributed by atoms with van der Waals surface area (Å²) in [6, 6.07) is 14.1. The third-order valence-electron chi connectivity index (χ3n) is 3.50. The first kappa shape index (κ1) is 16.9. The Bertz CT molecular complexity index is 875. The molecule has 0 radical (unpaired) electrons. The van der Waals surface area contributed by atoms with Gasteiger partial charge in [0.05, 0.1) is 23.2 Å². The number of aliphatic imine (C=N–C) groups is 1. The van der Waals surface area contributed by atoms with Gasteiger partial charge in [0.1, 0.15) is 0 Å². The lowest BCUT2D eigenvalue weighted by molar-refractivity contribution is -0.124. The van der Waals surface area contributed by atoms with E-state index in [1.165, 1.54) is 29.1 Å². The Morgan fingerprint density at radius 1 is 1.20 bits per heavy atom. The first-order valence-corrected chi connectivity index (χ1v) is 8.50. The summed E-state index contributed by atoms with van der Waals surface area (Å²) in [6.07, 6.45) is 1.37. The molecule has 0 spiro atoms. The summed E-state index contributed by atoms with van der Waals surface area (Å²) in [5.74, 6) is -0.986. The Morgan fingerprint density at radius 3 is 2.64 bits per heavy atom. The van der Waals surface area contributed by atoms with Gasteiger partial charge in [-0.15, -0.1) is 0 Å². The highest BCUT2D eigenvalue weighted by Crippen LogP contribution is 2.24. The molecule has 0 aromatic heterocycles. The SMILES string of the molecule is Cc1ccc(N=C2SCC(=O)N2N=Cc2ccccc2C(=O)O)cc1. The number of aromatic carboxylic acids is 1. The molecule has 1 fully saturated rings. The number of carboxylic acid groups (broad SMARTS) is 1. The molecule has 1 amide bonds. The van der Waals surface area contributed by atoms with Crippen LogP contribution < -0.4 is 0 Å². The molecule has 126 valence electrons. The number of benzene rings is 2. The first-order valence-electron chi connectivity index (χ1n) is 7.52. The van der Waals surface area contributed by atoms with Gasteiger partial charge in [-0.25, -0.2) is 9.79 Å². The second kappa shape index (κ2) is 7.31. The number of aryl methyl sites for hydroxylation is 1. The number of thioether (sulfide) groups is 1. The van der Waals surface area contributed by atoms with Crippen molar-refractivity contribution in [1.29, 1.82) is 0 Å². The first-order chi connectivity index (χ1) is 12.0. The van der Waals surface area contributed by atoms with Gasteiger partial charge < -0.3 is 5.11 Å². The number of hydrazone groups is 1. The minimum Gasteiger partial charge on any atom is -0.478 e. The number of hydrogen-bond acceptors (Lipinski definition) is 5. The Balaban J connectivity index is 1.88. The molecule has 7 heteroatoms. The Morgan fingerprint density at radius 2 is 1.92 bits per heavy atom. The highest BCUT2D eigenvalue weighted by atomic mass is 32.2. The number of amides is 1. The molecule has 1 aliphatic rings. The monoisotopic (exact) mass is 353 g/mol. The Hall–Kier alpha value is -2.93. The lowest BCUT2D eigenvalue weighted by atomic mass is 10.1. The minimum absolute atomic E-state index is 0.127. The van der Waals surface area contributed by atoms with Gasteiger partial charge in [-0.3, -0.25) is 4.79 Å². The van der Waals surface area contributed by atoms with Crippen molar-refractivity contribution in [2.75, 3.05) is 5.75 Å². The van der Waals surface area contributed by atoms with Crippen LogP contribution in [0.5, 0.6) is 0 Å². The maximum atomic E-state index is 12.1. The molecule has 0 saturated carbocycles. The van der Waals surface area contributed by atoms with Crippen LogP contribution in [0.15, 0.2) is 58.6 Å². The molecule has 2 aromatic carbocycles. The van der Waals surface area contributed by atoms with Gasteiger partial charge in [-0.1, -0.05) is 47.7 Å². The maximum absolute atomic E-state index is 12.1. The summed E-state index contributed by atoms with van der Waals surface area (Å²) in [7, 11) is 0. The smallest absolute Gasteiger partial charge is 0.336 e. The summed E-state index contributed by atoms with van der Waals surface area (Å²) >= 11 is 1.30. The third kappa shape index (κ3) is 3.95. The largest absolute Gasteiger partial charge is 0.478 e. The van der Waals surface area contributed by atoms with Crippen LogP contribution in [0.2, 0.25) is 0 Å². The van der Waals surface area contributed by atoms with Gasteiger partial charge in [0.2, 0.25) is 0 Å². The lowest BCUT2D eigenvalue weighted by Crippen LogP contribution is -2.24. The van der Waals surface area contributed by atoms with E-state index in [9.17, 15) is 14.7 Å². The van der Waals surface area contributed by atoms with Crippen molar-refractivity contribution >= 4 is 40.7 Å². The fourth-order valence-corrected chi connectivity index (χ4v) is 3.02. The van der Waals surface area contributed by atoms with Crippen LogP contribution in [0.25, 0.3) is 0 Å². The lowest BCUT2D eigenvalue weighted by Gasteiger charge is -2.09. The van der Waals surface area contributed by atoms with Gasteiger partial charge in [-0.05, 0) is 25.1 Å². The fraction of sp³-hybridized carbons (Fsp3) is 0.111. The fourth-order valence-electron chi connectivity index (χ4n) is 2.20.